The first-order valence-corrected chi connectivity index (χ1v) is 7.32. The summed E-state index contributed by atoms with van der Waals surface area (Å²) in [7, 11) is 0. The average Bonchev–Trinajstić information content (AvgIpc) is 2.37. The third-order valence-corrected chi connectivity index (χ3v) is 3.88. The minimum atomic E-state index is -0.327. The number of hydrogen-bond donors (Lipinski definition) is 0. The fourth-order valence-electron chi connectivity index (χ4n) is 2.09. The Bertz CT molecular complexity index is 596. The van der Waals surface area contributed by atoms with E-state index in [1.807, 2.05) is 51.1 Å². The number of alkyl halides is 1. The molecule has 0 aliphatic rings. The molecule has 0 radical (unpaired) electrons. The van der Waals surface area contributed by atoms with Crippen LogP contribution < -0.4 is 0 Å². The first kappa shape index (κ1) is 14.2. The van der Waals surface area contributed by atoms with Crippen molar-refractivity contribution in [2.45, 2.75) is 32.0 Å². The van der Waals surface area contributed by atoms with Gasteiger partial charge in [-0.3, -0.25) is 9.78 Å². The van der Waals surface area contributed by atoms with Crippen LogP contribution >= 0.6 is 15.9 Å². The van der Waals surface area contributed by atoms with Crippen molar-refractivity contribution in [2.24, 2.45) is 5.41 Å². The van der Waals surface area contributed by atoms with Crippen molar-refractivity contribution in [3.8, 4) is 0 Å². The van der Waals surface area contributed by atoms with Crippen LogP contribution in [-0.2, 0) is 11.2 Å². The number of fused-ring (bicyclic) bond motifs is 1. The predicted molar refractivity (Wildman–Crippen MR) is 82.6 cm³/mol. The molecule has 0 bridgehead atoms. The van der Waals surface area contributed by atoms with Gasteiger partial charge in [-0.25, -0.2) is 0 Å². The van der Waals surface area contributed by atoms with Crippen LogP contribution in [0.1, 0.15) is 26.3 Å². The molecule has 19 heavy (non-hydrogen) atoms. The zero-order chi connectivity index (χ0) is 14.0. The molecule has 1 atom stereocenters. The lowest BCUT2D eigenvalue weighted by Crippen LogP contribution is -2.30. The monoisotopic (exact) mass is 319 g/mol. The molecule has 0 fully saturated rings. The number of Topliss-reactive ketones (excluding diaryl/α,β-unsaturated/α-hetero) is 1. The zero-order valence-corrected chi connectivity index (χ0v) is 13.1. The van der Waals surface area contributed by atoms with Crippen molar-refractivity contribution in [1.29, 1.82) is 0 Å². The van der Waals surface area contributed by atoms with E-state index in [4.69, 9.17) is 0 Å². The number of hydrogen-bond acceptors (Lipinski definition) is 2. The van der Waals surface area contributed by atoms with Crippen molar-refractivity contribution in [2.75, 3.05) is 0 Å². The Morgan fingerprint density at radius 3 is 2.63 bits per heavy atom. The lowest BCUT2D eigenvalue weighted by atomic mass is 9.87. The molecule has 0 aliphatic heterocycles. The second kappa shape index (κ2) is 5.41. The van der Waals surface area contributed by atoms with Crippen LogP contribution in [0.25, 0.3) is 10.9 Å². The van der Waals surface area contributed by atoms with Crippen molar-refractivity contribution in [3.63, 3.8) is 0 Å². The van der Waals surface area contributed by atoms with E-state index in [2.05, 4.69) is 20.9 Å². The Labute approximate surface area is 122 Å². The molecule has 2 nitrogen and oxygen atoms in total. The van der Waals surface area contributed by atoms with Gasteiger partial charge in [0.1, 0.15) is 0 Å². The van der Waals surface area contributed by atoms with Crippen molar-refractivity contribution >= 4 is 32.6 Å². The Kier molecular flexibility index (Phi) is 4.04. The SMILES string of the molecule is CC(C)(C)C(=O)C(Br)Cc1cccc2cccnc12. The number of rotatable bonds is 3. The van der Waals surface area contributed by atoms with Gasteiger partial charge < -0.3 is 0 Å². The number of benzene rings is 1. The van der Waals surface area contributed by atoms with Gasteiger partial charge in [0, 0.05) is 17.0 Å². The third-order valence-electron chi connectivity index (χ3n) is 3.14. The summed E-state index contributed by atoms with van der Waals surface area (Å²) in [4.78, 5) is 16.5. The molecule has 1 unspecified atom stereocenters. The zero-order valence-electron chi connectivity index (χ0n) is 11.5. The second-order valence-corrected chi connectivity index (χ2v) is 6.88. The Hall–Kier alpha value is -1.22. The second-order valence-electron chi connectivity index (χ2n) is 5.78. The Morgan fingerprint density at radius 2 is 1.95 bits per heavy atom. The number of pyridine rings is 1. The highest BCUT2D eigenvalue weighted by atomic mass is 79.9. The minimum Gasteiger partial charge on any atom is -0.298 e. The summed E-state index contributed by atoms with van der Waals surface area (Å²) in [6.45, 7) is 5.85. The lowest BCUT2D eigenvalue weighted by Gasteiger charge is -2.21. The number of halogens is 1. The van der Waals surface area contributed by atoms with Crippen molar-refractivity contribution in [3.05, 3.63) is 42.1 Å². The highest BCUT2D eigenvalue weighted by Crippen LogP contribution is 2.25. The van der Waals surface area contributed by atoms with Gasteiger partial charge in [-0.05, 0) is 18.1 Å². The van der Waals surface area contributed by atoms with Gasteiger partial charge in [0.2, 0.25) is 0 Å². The minimum absolute atomic E-state index is 0.167. The number of carbonyl (C=O) groups is 1. The first-order valence-electron chi connectivity index (χ1n) is 6.40. The molecule has 3 heteroatoms. The molecule has 1 aromatic heterocycles. The standard InChI is InChI=1S/C16H18BrNO/c1-16(2,3)15(19)13(17)10-12-7-4-6-11-8-5-9-18-14(11)12/h4-9,13H,10H2,1-3H3. The van der Waals surface area contributed by atoms with Gasteiger partial charge in [0.05, 0.1) is 10.3 Å². The summed E-state index contributed by atoms with van der Waals surface area (Å²) in [5, 5.41) is 1.11. The number of carbonyl (C=O) groups excluding carboxylic acids is 1. The van der Waals surface area contributed by atoms with Gasteiger partial charge in [-0.15, -0.1) is 0 Å². The van der Waals surface area contributed by atoms with E-state index >= 15 is 0 Å². The maximum atomic E-state index is 12.2. The molecule has 2 aromatic rings. The van der Waals surface area contributed by atoms with Crippen LogP contribution in [0, 0.1) is 5.41 Å². The molecule has 0 aliphatic carbocycles. The fourth-order valence-corrected chi connectivity index (χ4v) is 3.12. The molecule has 0 amide bonds. The molecule has 0 saturated carbocycles. The largest absolute Gasteiger partial charge is 0.298 e. The average molecular weight is 320 g/mol. The normalized spacial score (nSPS) is 13.5. The lowest BCUT2D eigenvalue weighted by molar-refractivity contribution is -0.125. The van der Waals surface area contributed by atoms with Crippen molar-refractivity contribution < 1.29 is 4.79 Å². The molecule has 1 aromatic carbocycles. The Balaban J connectivity index is 2.29. The van der Waals surface area contributed by atoms with Crippen LogP contribution in [0.2, 0.25) is 0 Å². The molecular weight excluding hydrogens is 302 g/mol. The first-order chi connectivity index (χ1) is 8.89. The van der Waals surface area contributed by atoms with Crippen LogP contribution in [0.5, 0.6) is 0 Å². The van der Waals surface area contributed by atoms with E-state index in [0.717, 1.165) is 16.5 Å². The van der Waals surface area contributed by atoms with Gasteiger partial charge in [0.25, 0.3) is 0 Å². The number of ketones is 1. The summed E-state index contributed by atoms with van der Waals surface area (Å²) in [5.41, 5.74) is 1.76. The molecule has 1 heterocycles. The molecule has 0 spiro atoms. The quantitative estimate of drug-likeness (QED) is 0.795. The summed E-state index contributed by atoms with van der Waals surface area (Å²) in [6.07, 6.45) is 2.46. The molecular formula is C16H18BrNO. The van der Waals surface area contributed by atoms with E-state index in [0.29, 0.717) is 6.42 Å². The molecule has 0 N–H and O–H groups in total. The summed E-state index contributed by atoms with van der Waals surface area (Å²) in [5.74, 6) is 0.223. The Morgan fingerprint density at radius 1 is 1.26 bits per heavy atom. The van der Waals surface area contributed by atoms with E-state index in [9.17, 15) is 4.79 Å². The fraction of sp³-hybridized carbons (Fsp3) is 0.375. The number of aromatic nitrogens is 1. The van der Waals surface area contributed by atoms with Gasteiger partial charge in [-0.2, -0.15) is 0 Å². The van der Waals surface area contributed by atoms with Gasteiger partial charge in [0.15, 0.2) is 5.78 Å². The maximum Gasteiger partial charge on any atom is 0.152 e. The van der Waals surface area contributed by atoms with E-state index < -0.39 is 0 Å². The van der Waals surface area contributed by atoms with Crippen LogP contribution in [0.15, 0.2) is 36.5 Å². The van der Waals surface area contributed by atoms with Crippen molar-refractivity contribution in [1.82, 2.24) is 4.98 Å². The predicted octanol–water partition coefficient (Wildman–Crippen LogP) is 4.16. The van der Waals surface area contributed by atoms with Crippen LogP contribution in [0.4, 0.5) is 0 Å². The van der Waals surface area contributed by atoms with Crippen LogP contribution in [-0.4, -0.2) is 15.6 Å². The maximum absolute atomic E-state index is 12.2. The third kappa shape index (κ3) is 3.21. The van der Waals surface area contributed by atoms with Gasteiger partial charge in [-0.1, -0.05) is 61.0 Å². The topological polar surface area (TPSA) is 30.0 Å². The van der Waals surface area contributed by atoms with E-state index in [-0.39, 0.29) is 16.0 Å². The molecule has 0 saturated heterocycles. The molecule has 2 rings (SSSR count). The summed E-state index contributed by atoms with van der Waals surface area (Å²) < 4.78 is 0. The summed E-state index contributed by atoms with van der Waals surface area (Å²) in [6, 6.07) is 10.1. The van der Waals surface area contributed by atoms with E-state index in [1.54, 1.807) is 6.20 Å². The van der Waals surface area contributed by atoms with Crippen LogP contribution in [0.3, 0.4) is 0 Å². The smallest absolute Gasteiger partial charge is 0.152 e. The van der Waals surface area contributed by atoms with E-state index in [1.165, 1.54) is 0 Å². The summed E-state index contributed by atoms with van der Waals surface area (Å²) >= 11 is 3.52. The number of para-hydroxylation sites is 1. The molecule has 100 valence electrons. The highest BCUT2D eigenvalue weighted by Gasteiger charge is 2.28. The van der Waals surface area contributed by atoms with Gasteiger partial charge >= 0.3 is 0 Å². The number of nitrogens with zero attached hydrogens (tertiary/aromatic N) is 1. The highest BCUT2D eigenvalue weighted by molar-refractivity contribution is 9.10.